The lowest BCUT2D eigenvalue weighted by atomic mass is 9.67. The van der Waals surface area contributed by atoms with E-state index in [1.54, 1.807) is 0 Å². The second-order valence-electron chi connectivity index (χ2n) is 6.82. The van der Waals surface area contributed by atoms with Gasteiger partial charge in [-0.2, -0.15) is 0 Å². The Hall–Kier alpha value is -2.98. The van der Waals surface area contributed by atoms with Crippen LogP contribution in [0.4, 0.5) is 0 Å². The monoisotopic (exact) mass is 431 g/mol. The summed E-state index contributed by atoms with van der Waals surface area (Å²) in [7, 11) is 0. The largest absolute Gasteiger partial charge is 0.292 e. The molecule has 2 amide bonds. The van der Waals surface area contributed by atoms with Crippen LogP contribution in [0, 0.1) is 0 Å². The zero-order chi connectivity index (χ0) is 19.6. The van der Waals surface area contributed by atoms with Gasteiger partial charge in [-0.3, -0.25) is 14.9 Å². The molecule has 0 unspecified atom stereocenters. The van der Waals surface area contributed by atoms with Gasteiger partial charge in [-0.25, -0.2) is 0 Å². The van der Waals surface area contributed by atoms with Crippen molar-refractivity contribution in [1.29, 1.82) is 0 Å². The molecule has 4 rings (SSSR count). The maximum Gasteiger partial charge on any atom is 0.253 e. The normalized spacial score (nSPS) is 17.4. The Morgan fingerprint density at radius 3 is 2.00 bits per heavy atom. The van der Waals surface area contributed by atoms with E-state index >= 15 is 0 Å². The van der Waals surface area contributed by atoms with Crippen LogP contribution in [0.5, 0.6) is 0 Å². The van der Waals surface area contributed by atoms with Gasteiger partial charge in [-0.1, -0.05) is 88.7 Å². The van der Waals surface area contributed by atoms with Crippen molar-refractivity contribution in [1.82, 2.24) is 5.32 Å². The van der Waals surface area contributed by atoms with Crippen molar-refractivity contribution in [3.05, 3.63) is 112 Å². The van der Waals surface area contributed by atoms with E-state index in [2.05, 4.69) is 21.2 Å². The summed E-state index contributed by atoms with van der Waals surface area (Å²) >= 11 is 3.46. The molecular formula is C24H18BrNO2. The van der Waals surface area contributed by atoms with Crippen LogP contribution in [-0.4, -0.2) is 11.8 Å². The minimum absolute atomic E-state index is 0.290. The number of carbonyl (C=O) groups is 2. The Morgan fingerprint density at radius 2 is 1.43 bits per heavy atom. The number of rotatable bonds is 3. The lowest BCUT2D eigenvalue weighted by Gasteiger charge is -2.37. The zero-order valence-electron chi connectivity index (χ0n) is 15.1. The van der Waals surface area contributed by atoms with Crippen molar-refractivity contribution in [2.24, 2.45) is 0 Å². The zero-order valence-corrected chi connectivity index (χ0v) is 16.6. The summed E-state index contributed by atoms with van der Waals surface area (Å²) in [4.78, 5) is 25.8. The van der Waals surface area contributed by atoms with Crippen LogP contribution in [0.15, 0.2) is 95.0 Å². The van der Waals surface area contributed by atoms with E-state index in [-0.39, 0.29) is 11.8 Å². The number of hydrogen-bond donors (Lipinski definition) is 1. The Kier molecular flexibility index (Phi) is 4.97. The predicted octanol–water partition coefficient (Wildman–Crippen LogP) is 4.87. The second-order valence-corrected chi connectivity index (χ2v) is 7.74. The molecule has 138 valence electrons. The van der Waals surface area contributed by atoms with Crippen LogP contribution in [0.25, 0.3) is 6.08 Å². The SMILES string of the molecule is O=C1NC(=O)C(c2ccccc2)(c2ccccc2)C/C1=C\c1cccc(Br)c1. The van der Waals surface area contributed by atoms with E-state index in [0.717, 1.165) is 21.2 Å². The number of amides is 2. The Labute approximate surface area is 172 Å². The van der Waals surface area contributed by atoms with E-state index in [1.807, 2.05) is 91.0 Å². The number of carbonyl (C=O) groups excluding carboxylic acids is 2. The van der Waals surface area contributed by atoms with Crippen LogP contribution in [-0.2, 0) is 15.0 Å². The summed E-state index contributed by atoms with van der Waals surface area (Å²) < 4.78 is 0.937. The summed E-state index contributed by atoms with van der Waals surface area (Å²) in [5.41, 5.74) is 2.26. The maximum atomic E-state index is 13.2. The lowest BCUT2D eigenvalue weighted by Crippen LogP contribution is -2.53. The molecule has 28 heavy (non-hydrogen) atoms. The van der Waals surface area contributed by atoms with Gasteiger partial charge in [0.1, 0.15) is 5.41 Å². The fourth-order valence-corrected chi connectivity index (χ4v) is 4.15. The molecule has 3 nitrogen and oxygen atoms in total. The summed E-state index contributed by atoms with van der Waals surface area (Å²) in [6.07, 6.45) is 2.16. The van der Waals surface area contributed by atoms with Crippen molar-refractivity contribution in [3.8, 4) is 0 Å². The smallest absolute Gasteiger partial charge is 0.253 e. The third-order valence-electron chi connectivity index (χ3n) is 5.08. The topological polar surface area (TPSA) is 46.2 Å². The fraction of sp³-hybridized carbons (Fsp3) is 0.0833. The minimum Gasteiger partial charge on any atom is -0.292 e. The molecular weight excluding hydrogens is 414 g/mol. The molecule has 3 aromatic carbocycles. The van der Waals surface area contributed by atoms with Gasteiger partial charge in [0.15, 0.2) is 0 Å². The van der Waals surface area contributed by atoms with Crippen LogP contribution >= 0.6 is 15.9 Å². The molecule has 1 N–H and O–H groups in total. The third-order valence-corrected chi connectivity index (χ3v) is 5.58. The van der Waals surface area contributed by atoms with Crippen molar-refractivity contribution < 1.29 is 9.59 Å². The average molecular weight is 432 g/mol. The van der Waals surface area contributed by atoms with Gasteiger partial charge >= 0.3 is 0 Å². The van der Waals surface area contributed by atoms with Crippen molar-refractivity contribution >= 4 is 33.8 Å². The first-order chi connectivity index (χ1) is 13.6. The lowest BCUT2D eigenvalue weighted by molar-refractivity contribution is -0.133. The first kappa shape index (κ1) is 18.4. The van der Waals surface area contributed by atoms with Crippen molar-refractivity contribution in [2.45, 2.75) is 11.8 Å². The molecule has 1 aliphatic rings. The molecule has 0 aliphatic carbocycles. The highest BCUT2D eigenvalue weighted by atomic mass is 79.9. The van der Waals surface area contributed by atoms with Gasteiger partial charge in [0.2, 0.25) is 5.91 Å². The van der Waals surface area contributed by atoms with E-state index in [1.165, 1.54) is 0 Å². The average Bonchev–Trinajstić information content (AvgIpc) is 2.71. The molecule has 1 saturated heterocycles. The Balaban J connectivity index is 1.88. The number of hydrogen-bond acceptors (Lipinski definition) is 2. The van der Waals surface area contributed by atoms with Crippen LogP contribution in [0.1, 0.15) is 23.1 Å². The molecule has 4 heteroatoms. The first-order valence-corrected chi connectivity index (χ1v) is 9.82. The first-order valence-electron chi connectivity index (χ1n) is 9.02. The summed E-state index contributed by atoms with van der Waals surface area (Å²) in [6.45, 7) is 0. The molecule has 1 fully saturated rings. The van der Waals surface area contributed by atoms with Crippen molar-refractivity contribution in [3.63, 3.8) is 0 Å². The number of imide groups is 1. The summed E-state index contributed by atoms with van der Waals surface area (Å²) in [5, 5.41) is 2.59. The molecule has 0 aromatic heterocycles. The highest BCUT2D eigenvalue weighted by molar-refractivity contribution is 9.10. The van der Waals surface area contributed by atoms with Crippen molar-refractivity contribution in [2.75, 3.05) is 0 Å². The standard InChI is InChI=1S/C24H18BrNO2/c25-21-13-7-8-17(15-21)14-18-16-24(23(28)26-22(18)27,19-9-3-1-4-10-19)20-11-5-2-6-12-20/h1-15H,16H2,(H,26,27,28)/b18-14+. The molecule has 0 saturated carbocycles. The molecule has 0 bridgehead atoms. The van der Waals surface area contributed by atoms with E-state index in [4.69, 9.17) is 0 Å². The molecule has 1 aliphatic heterocycles. The highest BCUT2D eigenvalue weighted by Crippen LogP contribution is 2.41. The molecule has 3 aromatic rings. The van der Waals surface area contributed by atoms with E-state index < -0.39 is 5.41 Å². The van der Waals surface area contributed by atoms with Gasteiger partial charge in [-0.05, 0) is 34.9 Å². The third kappa shape index (κ3) is 3.32. The molecule has 0 atom stereocenters. The molecule has 0 spiro atoms. The summed E-state index contributed by atoms with van der Waals surface area (Å²) in [6, 6.07) is 27.0. The number of piperidine rings is 1. The van der Waals surface area contributed by atoms with Gasteiger partial charge in [-0.15, -0.1) is 0 Å². The van der Waals surface area contributed by atoms with E-state index in [9.17, 15) is 9.59 Å². The minimum atomic E-state index is -0.950. The quantitative estimate of drug-likeness (QED) is 0.475. The fourth-order valence-electron chi connectivity index (χ4n) is 3.73. The number of halogens is 1. The van der Waals surface area contributed by atoms with E-state index in [0.29, 0.717) is 12.0 Å². The Morgan fingerprint density at radius 1 is 0.821 bits per heavy atom. The predicted molar refractivity (Wildman–Crippen MR) is 114 cm³/mol. The van der Waals surface area contributed by atoms with Crippen LogP contribution in [0.2, 0.25) is 0 Å². The van der Waals surface area contributed by atoms with Crippen LogP contribution in [0.3, 0.4) is 0 Å². The number of nitrogens with one attached hydrogen (secondary N) is 1. The van der Waals surface area contributed by atoms with Crippen LogP contribution < -0.4 is 5.32 Å². The molecule has 0 radical (unpaired) electrons. The van der Waals surface area contributed by atoms with Gasteiger partial charge in [0, 0.05) is 16.5 Å². The van der Waals surface area contributed by atoms with Gasteiger partial charge in [0.05, 0.1) is 0 Å². The molecule has 1 heterocycles. The summed E-state index contributed by atoms with van der Waals surface area (Å²) in [5.74, 6) is -0.631. The van der Waals surface area contributed by atoms with Gasteiger partial charge in [0.25, 0.3) is 5.91 Å². The number of benzene rings is 3. The maximum absolute atomic E-state index is 13.2. The van der Waals surface area contributed by atoms with Gasteiger partial charge < -0.3 is 0 Å². The Bertz CT molecular complexity index is 1020. The highest BCUT2D eigenvalue weighted by Gasteiger charge is 2.47. The second kappa shape index (κ2) is 7.56.